The maximum absolute atomic E-state index is 13.3. The van der Waals surface area contributed by atoms with Crippen LogP contribution in [0.5, 0.6) is 5.75 Å². The van der Waals surface area contributed by atoms with E-state index in [2.05, 4.69) is 5.10 Å². The highest BCUT2D eigenvalue weighted by atomic mass is 16.5. The number of ether oxygens (including phenoxy) is 1. The first-order valence-corrected chi connectivity index (χ1v) is 11.3. The van der Waals surface area contributed by atoms with Crippen LogP contribution in [0.2, 0.25) is 0 Å². The van der Waals surface area contributed by atoms with E-state index in [0.29, 0.717) is 42.0 Å². The van der Waals surface area contributed by atoms with Gasteiger partial charge in [0.05, 0.1) is 36.6 Å². The number of fused-ring (bicyclic) bond motifs is 2. The molecule has 1 N–H and O–H groups in total. The van der Waals surface area contributed by atoms with E-state index in [1.54, 1.807) is 36.3 Å². The summed E-state index contributed by atoms with van der Waals surface area (Å²) in [4.78, 5) is 46.6. The maximum atomic E-state index is 13.3. The van der Waals surface area contributed by atoms with E-state index in [9.17, 15) is 14.4 Å². The molecule has 0 radical (unpaired) electrons. The molecule has 1 fully saturated rings. The van der Waals surface area contributed by atoms with Crippen LogP contribution >= 0.6 is 0 Å². The van der Waals surface area contributed by atoms with Gasteiger partial charge in [0, 0.05) is 38.1 Å². The first-order valence-electron chi connectivity index (χ1n) is 11.3. The molecule has 3 aromatic rings. The average Bonchev–Trinajstić information content (AvgIpc) is 3.28. The molecule has 5 rings (SSSR count). The van der Waals surface area contributed by atoms with Crippen molar-refractivity contribution in [1.29, 1.82) is 0 Å². The zero-order valence-electron chi connectivity index (χ0n) is 18.8. The average molecular weight is 450 g/mol. The van der Waals surface area contributed by atoms with Crippen LogP contribution in [0.15, 0.2) is 35.1 Å². The molecular formula is C24H27N5O4. The highest BCUT2D eigenvalue weighted by Gasteiger charge is 2.31. The molecule has 2 aliphatic heterocycles. The minimum absolute atomic E-state index is 0.0438. The Bertz CT molecular complexity index is 1280. The third-order valence-electron chi connectivity index (χ3n) is 6.69. The fourth-order valence-corrected chi connectivity index (χ4v) is 4.84. The quantitative estimate of drug-likeness (QED) is 0.661. The van der Waals surface area contributed by atoms with Gasteiger partial charge in [0.2, 0.25) is 5.91 Å². The van der Waals surface area contributed by atoms with Gasteiger partial charge in [-0.15, -0.1) is 0 Å². The van der Waals surface area contributed by atoms with Crippen LogP contribution in [0.25, 0.3) is 5.65 Å². The van der Waals surface area contributed by atoms with Crippen molar-refractivity contribution in [3.63, 3.8) is 0 Å². The van der Waals surface area contributed by atoms with Gasteiger partial charge < -0.3 is 14.5 Å². The third kappa shape index (κ3) is 3.77. The molecule has 2 amide bonds. The zero-order valence-corrected chi connectivity index (χ0v) is 18.8. The molecule has 1 saturated heterocycles. The van der Waals surface area contributed by atoms with Gasteiger partial charge in [-0.2, -0.15) is 0 Å². The van der Waals surface area contributed by atoms with Crippen molar-refractivity contribution in [1.82, 2.24) is 24.4 Å². The molecule has 1 atom stereocenters. The number of aromatic nitrogens is 3. The minimum atomic E-state index is -0.184. The number of amides is 2. The van der Waals surface area contributed by atoms with E-state index < -0.39 is 0 Å². The van der Waals surface area contributed by atoms with E-state index >= 15 is 0 Å². The molecule has 0 unspecified atom stereocenters. The Labute approximate surface area is 190 Å². The van der Waals surface area contributed by atoms with Crippen molar-refractivity contribution in [2.45, 2.75) is 45.2 Å². The second-order valence-electron chi connectivity index (χ2n) is 8.68. The van der Waals surface area contributed by atoms with Gasteiger partial charge in [-0.05, 0) is 43.5 Å². The van der Waals surface area contributed by atoms with E-state index in [0.717, 1.165) is 30.7 Å². The fraction of sp³-hybridized carbons (Fsp3) is 0.417. The van der Waals surface area contributed by atoms with Gasteiger partial charge in [0.1, 0.15) is 5.75 Å². The number of hydrogen-bond acceptors (Lipinski definition) is 5. The van der Waals surface area contributed by atoms with Crippen molar-refractivity contribution in [2.24, 2.45) is 0 Å². The van der Waals surface area contributed by atoms with Crippen molar-refractivity contribution in [2.75, 3.05) is 20.2 Å². The first kappa shape index (κ1) is 21.2. The topological polar surface area (TPSA) is 100 Å². The lowest BCUT2D eigenvalue weighted by molar-refractivity contribution is -0.129. The summed E-state index contributed by atoms with van der Waals surface area (Å²) in [5, 5.41) is 3.21. The summed E-state index contributed by atoms with van der Waals surface area (Å²) in [7, 11) is 1.60. The second kappa shape index (κ2) is 8.38. The van der Waals surface area contributed by atoms with Crippen molar-refractivity contribution < 1.29 is 14.3 Å². The van der Waals surface area contributed by atoms with E-state index in [-0.39, 0.29) is 30.0 Å². The Morgan fingerprint density at radius 2 is 1.94 bits per heavy atom. The molecule has 2 aromatic heterocycles. The number of H-pyrrole nitrogens is 1. The number of rotatable bonds is 3. The zero-order chi connectivity index (χ0) is 23.1. The van der Waals surface area contributed by atoms with Gasteiger partial charge in [-0.3, -0.25) is 19.5 Å². The standard InChI is InChI=1S/C24H27N5O4/c1-15(30)27-12-10-19-18(14-27)24(32)29-22(25-19)13-20(26-29)21-5-3-4-11-28(21)23(31)16-6-8-17(33-2)9-7-16/h6-9,13,21,26H,3-5,10-12,14H2,1-2H3/t21-/m0/s1. The Morgan fingerprint density at radius 3 is 2.67 bits per heavy atom. The molecule has 1 aromatic carbocycles. The Balaban J connectivity index is 1.49. The molecule has 9 nitrogen and oxygen atoms in total. The van der Waals surface area contributed by atoms with E-state index in [1.165, 1.54) is 11.4 Å². The molecule has 172 valence electrons. The molecule has 0 aliphatic carbocycles. The monoisotopic (exact) mass is 449 g/mol. The van der Waals surface area contributed by atoms with Crippen LogP contribution in [0, 0.1) is 0 Å². The number of carbonyl (C=O) groups excluding carboxylic acids is 2. The number of nitrogens with zero attached hydrogens (tertiary/aromatic N) is 4. The van der Waals surface area contributed by atoms with E-state index in [1.807, 2.05) is 11.0 Å². The molecular weight excluding hydrogens is 422 g/mol. The first-order chi connectivity index (χ1) is 16.0. The van der Waals surface area contributed by atoms with Gasteiger partial charge in [0.15, 0.2) is 5.65 Å². The second-order valence-corrected chi connectivity index (χ2v) is 8.68. The SMILES string of the molecule is COc1ccc(C(=O)N2CCCC[C@H]2c2cc3nc4c(c(=O)n3[nH]2)CN(C(C)=O)CC4)cc1. The van der Waals surface area contributed by atoms with Crippen molar-refractivity contribution in [3.8, 4) is 5.75 Å². The number of methoxy groups -OCH3 is 1. The van der Waals surface area contributed by atoms with E-state index in [4.69, 9.17) is 9.72 Å². The number of aromatic amines is 1. The smallest absolute Gasteiger partial charge is 0.277 e. The van der Waals surface area contributed by atoms with Gasteiger partial charge in [-0.1, -0.05) is 0 Å². The predicted octanol–water partition coefficient (Wildman–Crippen LogP) is 2.30. The maximum Gasteiger partial charge on any atom is 0.277 e. The van der Waals surface area contributed by atoms with Crippen LogP contribution in [0.4, 0.5) is 0 Å². The fourth-order valence-electron chi connectivity index (χ4n) is 4.84. The van der Waals surface area contributed by atoms with Crippen molar-refractivity contribution >= 4 is 17.5 Å². The Hall–Kier alpha value is -3.62. The van der Waals surface area contributed by atoms with Gasteiger partial charge in [0.25, 0.3) is 11.5 Å². The molecule has 0 spiro atoms. The minimum Gasteiger partial charge on any atom is -0.497 e. The summed E-state index contributed by atoms with van der Waals surface area (Å²) in [5.74, 6) is 0.611. The Kier molecular flexibility index (Phi) is 5.39. The lowest BCUT2D eigenvalue weighted by atomic mass is 9.98. The normalized spacial score (nSPS) is 18.3. The molecule has 9 heteroatoms. The summed E-state index contributed by atoms with van der Waals surface area (Å²) >= 11 is 0. The number of carbonyl (C=O) groups is 2. The van der Waals surface area contributed by atoms with Crippen LogP contribution in [0.3, 0.4) is 0 Å². The lowest BCUT2D eigenvalue weighted by Gasteiger charge is -2.35. The summed E-state index contributed by atoms with van der Waals surface area (Å²) < 4.78 is 6.65. The summed E-state index contributed by atoms with van der Waals surface area (Å²) in [6.45, 7) is 3.00. The number of nitrogens with one attached hydrogen (secondary N) is 1. The van der Waals surface area contributed by atoms with Crippen LogP contribution in [0.1, 0.15) is 59.5 Å². The predicted molar refractivity (Wildman–Crippen MR) is 121 cm³/mol. The molecule has 0 bridgehead atoms. The van der Waals surface area contributed by atoms with Gasteiger partial charge in [-0.25, -0.2) is 9.50 Å². The molecule has 2 aliphatic rings. The highest BCUT2D eigenvalue weighted by molar-refractivity contribution is 5.94. The lowest BCUT2D eigenvalue weighted by Crippen LogP contribution is -2.39. The third-order valence-corrected chi connectivity index (χ3v) is 6.69. The largest absolute Gasteiger partial charge is 0.497 e. The summed E-state index contributed by atoms with van der Waals surface area (Å²) in [5.41, 5.74) is 3.07. The van der Waals surface area contributed by atoms with Crippen LogP contribution < -0.4 is 10.3 Å². The number of hydrogen-bond donors (Lipinski definition) is 1. The molecule has 33 heavy (non-hydrogen) atoms. The van der Waals surface area contributed by atoms with Gasteiger partial charge >= 0.3 is 0 Å². The number of likely N-dealkylation sites (tertiary alicyclic amines) is 1. The highest BCUT2D eigenvalue weighted by Crippen LogP contribution is 2.32. The Morgan fingerprint density at radius 1 is 1.15 bits per heavy atom. The molecule has 4 heterocycles. The van der Waals surface area contributed by atoms with Crippen LogP contribution in [-0.4, -0.2) is 56.4 Å². The summed E-state index contributed by atoms with van der Waals surface area (Å²) in [6, 6.07) is 8.84. The summed E-state index contributed by atoms with van der Waals surface area (Å²) in [6.07, 6.45) is 3.30. The number of piperidine rings is 1. The van der Waals surface area contributed by atoms with Crippen molar-refractivity contribution in [3.05, 3.63) is 63.2 Å². The van der Waals surface area contributed by atoms with Crippen LogP contribution in [-0.2, 0) is 17.8 Å². The number of benzene rings is 1. The molecule has 0 saturated carbocycles.